The number of thiazole rings is 1. The van der Waals surface area contributed by atoms with Gasteiger partial charge in [0.1, 0.15) is 10.6 Å². The largest absolute Gasteiger partial charge is 0.508 e. The van der Waals surface area contributed by atoms with Crippen LogP contribution in [0.4, 0.5) is 5.69 Å². The van der Waals surface area contributed by atoms with E-state index < -0.39 is 0 Å². The molecule has 28 heavy (non-hydrogen) atoms. The number of fused-ring (bicyclic) bond motifs is 1. The van der Waals surface area contributed by atoms with Gasteiger partial charge in [0, 0.05) is 11.8 Å². The van der Waals surface area contributed by atoms with Crippen LogP contribution in [0.25, 0.3) is 5.57 Å². The van der Waals surface area contributed by atoms with Gasteiger partial charge in [-0.05, 0) is 43.3 Å². The fourth-order valence-electron chi connectivity index (χ4n) is 3.03. The van der Waals surface area contributed by atoms with E-state index in [1.807, 2.05) is 19.1 Å². The van der Waals surface area contributed by atoms with Crippen LogP contribution in [0, 0.1) is 6.92 Å². The van der Waals surface area contributed by atoms with Crippen LogP contribution in [-0.2, 0) is 11.3 Å². The minimum Gasteiger partial charge on any atom is -0.508 e. The van der Waals surface area contributed by atoms with Crippen molar-refractivity contribution in [2.45, 2.75) is 13.5 Å². The first-order valence-corrected chi connectivity index (χ1v) is 9.41. The number of allylic oxidation sites excluding steroid dienone is 1. The Labute approximate surface area is 164 Å². The summed E-state index contributed by atoms with van der Waals surface area (Å²) in [6, 6.07) is 12.0. The van der Waals surface area contributed by atoms with Crippen molar-refractivity contribution < 1.29 is 15.0 Å². The van der Waals surface area contributed by atoms with E-state index in [9.17, 15) is 15.0 Å². The van der Waals surface area contributed by atoms with Gasteiger partial charge in [-0.3, -0.25) is 9.36 Å². The molecule has 0 spiro atoms. The van der Waals surface area contributed by atoms with Crippen LogP contribution in [0.15, 0.2) is 65.1 Å². The second kappa shape index (κ2) is 6.94. The highest BCUT2D eigenvalue weighted by Gasteiger charge is 2.25. The molecule has 0 saturated heterocycles. The maximum absolute atomic E-state index is 12.6. The topological polar surface area (TPSA) is 87.2 Å². The van der Waals surface area contributed by atoms with Crippen LogP contribution in [0.2, 0.25) is 0 Å². The molecule has 0 fully saturated rings. The first-order chi connectivity index (χ1) is 13.5. The van der Waals surface area contributed by atoms with Crippen LogP contribution in [0.1, 0.15) is 10.4 Å². The van der Waals surface area contributed by atoms with E-state index >= 15 is 0 Å². The first-order valence-electron chi connectivity index (χ1n) is 8.59. The van der Waals surface area contributed by atoms with Gasteiger partial charge in [0.25, 0.3) is 5.91 Å². The number of aromatic nitrogens is 1. The van der Waals surface area contributed by atoms with Crippen LogP contribution >= 0.6 is 11.3 Å². The molecule has 0 unspecified atom stereocenters. The van der Waals surface area contributed by atoms with Gasteiger partial charge in [0.05, 0.1) is 16.6 Å². The van der Waals surface area contributed by atoms with Crippen molar-refractivity contribution in [3.63, 3.8) is 0 Å². The number of carbonyl (C=O) groups is 1. The Morgan fingerprint density at radius 2 is 1.96 bits per heavy atom. The average Bonchev–Trinajstić information content (AvgIpc) is 3.14. The number of hydrogen-bond acceptors (Lipinski definition) is 5. The zero-order chi connectivity index (χ0) is 19.8. The molecular formula is C21H17N3O3S. The number of phenols is 1. The lowest BCUT2D eigenvalue weighted by molar-refractivity contribution is -0.112. The molecule has 4 rings (SSSR count). The molecule has 2 aromatic carbocycles. The lowest BCUT2D eigenvalue weighted by atomic mass is 10.1. The third-order valence-electron chi connectivity index (χ3n) is 4.35. The zero-order valence-electron chi connectivity index (χ0n) is 15.1. The maximum Gasteiger partial charge on any atom is 0.279 e. The number of phenolic OH excluding ortho intramolecular Hbond substituents is 1. The molecule has 6 nitrogen and oxygen atoms in total. The minimum atomic E-state index is -0.376. The third-order valence-corrected chi connectivity index (χ3v) is 5.44. The van der Waals surface area contributed by atoms with Gasteiger partial charge >= 0.3 is 0 Å². The van der Waals surface area contributed by atoms with E-state index in [-0.39, 0.29) is 17.5 Å². The molecule has 0 radical (unpaired) electrons. The van der Waals surface area contributed by atoms with Gasteiger partial charge in [-0.25, -0.2) is 9.98 Å². The molecule has 0 aliphatic carbocycles. The molecule has 1 aliphatic heterocycles. The molecule has 1 amide bonds. The molecule has 1 aromatic heterocycles. The Kier molecular flexibility index (Phi) is 4.44. The molecule has 7 heteroatoms. The fraction of sp³-hybridized carbons (Fsp3) is 0.0952. The highest BCUT2D eigenvalue weighted by atomic mass is 32.1. The van der Waals surface area contributed by atoms with E-state index in [0.717, 1.165) is 5.56 Å². The summed E-state index contributed by atoms with van der Waals surface area (Å²) in [7, 11) is 0. The zero-order valence-corrected chi connectivity index (χ0v) is 15.9. The lowest BCUT2D eigenvalue weighted by Crippen LogP contribution is -2.23. The predicted molar refractivity (Wildman–Crippen MR) is 107 cm³/mol. The van der Waals surface area contributed by atoms with Crippen molar-refractivity contribution in [3.8, 4) is 11.6 Å². The third kappa shape index (κ3) is 3.05. The number of aromatic hydroxyl groups is 2. The summed E-state index contributed by atoms with van der Waals surface area (Å²) in [4.78, 5) is 22.2. The summed E-state index contributed by atoms with van der Waals surface area (Å²) in [5.41, 5.74) is 2.00. The SMILES string of the molecule is C=CCn1c(O)c(C2=c3cc(C)ccc3=NC2=O)sc1=Nc1ccc(O)cc1. The highest BCUT2D eigenvalue weighted by molar-refractivity contribution is 7.11. The van der Waals surface area contributed by atoms with E-state index in [0.29, 0.717) is 38.1 Å². The second-order valence-corrected chi connectivity index (χ2v) is 7.35. The summed E-state index contributed by atoms with van der Waals surface area (Å²) in [5.74, 6) is -0.275. The van der Waals surface area contributed by atoms with Crippen molar-refractivity contribution in [1.82, 2.24) is 4.57 Å². The number of aryl methyl sites for hydroxylation is 1. The summed E-state index contributed by atoms with van der Waals surface area (Å²) in [6.07, 6.45) is 1.65. The molecule has 1 aliphatic rings. The second-order valence-electron chi connectivity index (χ2n) is 6.38. The number of carbonyl (C=O) groups excluding carboxylic acids is 1. The normalized spacial score (nSPS) is 13.5. The molecule has 0 bridgehead atoms. The maximum atomic E-state index is 12.6. The van der Waals surface area contributed by atoms with Crippen LogP contribution in [-0.4, -0.2) is 20.7 Å². The standard InChI is InChI=1S/C21H17N3O3S/c1-3-10-24-20(27)18(28-21(24)22-13-5-7-14(25)8-6-13)17-15-11-12(2)4-9-16(15)23-19(17)26/h3-9,11,25,27H,1,10H2,2H3. The molecule has 140 valence electrons. The monoisotopic (exact) mass is 391 g/mol. The fourth-order valence-corrected chi connectivity index (χ4v) is 4.14. The van der Waals surface area contributed by atoms with Crippen molar-refractivity contribution in [1.29, 1.82) is 0 Å². The summed E-state index contributed by atoms with van der Waals surface area (Å²) >= 11 is 1.21. The Bertz CT molecular complexity index is 1300. The Morgan fingerprint density at radius 1 is 1.21 bits per heavy atom. The molecule has 2 N–H and O–H groups in total. The summed E-state index contributed by atoms with van der Waals surface area (Å²) in [5, 5.41) is 21.6. The summed E-state index contributed by atoms with van der Waals surface area (Å²) in [6.45, 7) is 6.01. The highest BCUT2D eigenvalue weighted by Crippen LogP contribution is 2.29. The Hall–Kier alpha value is -3.45. The summed E-state index contributed by atoms with van der Waals surface area (Å²) < 4.78 is 1.59. The van der Waals surface area contributed by atoms with Crippen molar-refractivity contribution in [2.75, 3.05) is 0 Å². The number of rotatable bonds is 4. The average molecular weight is 391 g/mol. The smallest absolute Gasteiger partial charge is 0.279 e. The van der Waals surface area contributed by atoms with Crippen molar-refractivity contribution in [3.05, 3.63) is 80.9 Å². The number of benzene rings is 2. The number of amides is 1. The molecular weight excluding hydrogens is 374 g/mol. The predicted octanol–water partition coefficient (Wildman–Crippen LogP) is 2.05. The Balaban J connectivity index is 1.99. The van der Waals surface area contributed by atoms with Crippen LogP contribution in [0.3, 0.4) is 0 Å². The minimum absolute atomic E-state index is 0.0460. The molecule has 0 atom stereocenters. The van der Waals surface area contributed by atoms with Crippen LogP contribution in [0.5, 0.6) is 11.6 Å². The van der Waals surface area contributed by atoms with Gasteiger partial charge in [-0.15, -0.1) is 6.58 Å². The van der Waals surface area contributed by atoms with E-state index in [2.05, 4.69) is 16.6 Å². The van der Waals surface area contributed by atoms with E-state index in [1.165, 1.54) is 23.5 Å². The van der Waals surface area contributed by atoms with Gasteiger partial charge in [-0.1, -0.05) is 29.0 Å². The number of nitrogens with zero attached hydrogens (tertiary/aromatic N) is 3. The van der Waals surface area contributed by atoms with Crippen molar-refractivity contribution >= 4 is 28.5 Å². The Morgan fingerprint density at radius 3 is 2.68 bits per heavy atom. The molecule has 3 aromatic rings. The quantitative estimate of drug-likeness (QED) is 0.668. The van der Waals surface area contributed by atoms with Gasteiger partial charge in [-0.2, -0.15) is 0 Å². The van der Waals surface area contributed by atoms with E-state index in [4.69, 9.17) is 0 Å². The number of hydrogen-bond donors (Lipinski definition) is 2. The van der Waals surface area contributed by atoms with Gasteiger partial charge in [0.2, 0.25) is 5.88 Å². The first kappa shape index (κ1) is 17.9. The molecule has 0 saturated carbocycles. The molecule has 2 heterocycles. The van der Waals surface area contributed by atoms with Crippen LogP contribution < -0.4 is 15.4 Å². The lowest BCUT2D eigenvalue weighted by Gasteiger charge is -2.02. The van der Waals surface area contributed by atoms with Crippen molar-refractivity contribution in [2.24, 2.45) is 9.98 Å². The van der Waals surface area contributed by atoms with E-state index in [1.54, 1.807) is 28.8 Å². The van der Waals surface area contributed by atoms with Gasteiger partial charge in [0.15, 0.2) is 4.80 Å². The van der Waals surface area contributed by atoms with Gasteiger partial charge < -0.3 is 10.2 Å².